The summed E-state index contributed by atoms with van der Waals surface area (Å²) in [5.74, 6) is 0.468. The van der Waals surface area contributed by atoms with E-state index in [0.717, 1.165) is 6.42 Å². The normalized spacial score (nSPS) is 45.8. The summed E-state index contributed by atoms with van der Waals surface area (Å²) in [7, 11) is 6.81. The fourth-order valence-corrected chi connectivity index (χ4v) is 4.98. The van der Waals surface area contributed by atoms with Crippen molar-refractivity contribution < 1.29 is 0 Å². The van der Waals surface area contributed by atoms with Crippen molar-refractivity contribution in [2.45, 2.75) is 78.8 Å². The van der Waals surface area contributed by atoms with Gasteiger partial charge in [-0.1, -0.05) is 74.0 Å². The molecule has 3 unspecified atom stereocenters. The van der Waals surface area contributed by atoms with Crippen LogP contribution in [0.5, 0.6) is 0 Å². The van der Waals surface area contributed by atoms with Gasteiger partial charge in [-0.05, 0) is 22.2 Å². The molecule has 104 valence electrons. The fourth-order valence-electron chi connectivity index (χ4n) is 4.55. The van der Waals surface area contributed by atoms with E-state index in [0.29, 0.717) is 5.92 Å². The molecular weight excluding hydrogens is 235 g/mol. The molecule has 1 aliphatic carbocycles. The van der Waals surface area contributed by atoms with Gasteiger partial charge >= 0.3 is 0 Å². The van der Waals surface area contributed by atoms with Crippen LogP contribution in [-0.4, -0.2) is 12.6 Å². The van der Waals surface area contributed by atoms with E-state index in [1.54, 1.807) is 0 Å². The topological polar surface area (TPSA) is 0 Å². The molecule has 0 heterocycles. The Morgan fingerprint density at radius 3 is 1.61 bits per heavy atom. The predicted molar refractivity (Wildman–Crippen MR) is 86.6 cm³/mol. The average Bonchev–Trinajstić information content (AvgIpc) is 2.15. The van der Waals surface area contributed by atoms with E-state index in [-0.39, 0.29) is 26.3 Å². The molecule has 0 N–H and O–H groups in total. The minimum Gasteiger partial charge on any atom is -0.172 e. The zero-order valence-electron chi connectivity index (χ0n) is 13.8. The molecule has 0 bridgehead atoms. The highest BCUT2D eigenvalue weighted by molar-refractivity contribution is 7.82. The molecular formula is C16H31BS. The molecule has 0 aromatic rings. The Morgan fingerprint density at radius 2 is 1.28 bits per heavy atom. The molecule has 0 nitrogen and oxygen atoms in total. The second-order valence-electron chi connectivity index (χ2n) is 8.29. The van der Waals surface area contributed by atoms with Gasteiger partial charge in [-0.2, -0.15) is 12.6 Å². The molecule has 0 aliphatic heterocycles. The Morgan fingerprint density at radius 1 is 0.889 bits per heavy atom. The largest absolute Gasteiger partial charge is 0.172 e. The van der Waals surface area contributed by atoms with Gasteiger partial charge in [0.25, 0.3) is 0 Å². The summed E-state index contributed by atoms with van der Waals surface area (Å²) in [6, 6.07) is 0. The van der Waals surface area contributed by atoms with Crippen molar-refractivity contribution in [2.75, 3.05) is 0 Å². The van der Waals surface area contributed by atoms with Gasteiger partial charge in [-0.15, -0.1) is 0 Å². The maximum absolute atomic E-state index is 6.81. The van der Waals surface area contributed by atoms with E-state index in [2.05, 4.69) is 62.3 Å². The van der Waals surface area contributed by atoms with Gasteiger partial charge in [0.05, 0.1) is 7.85 Å². The van der Waals surface area contributed by atoms with Crippen LogP contribution >= 0.6 is 12.6 Å². The lowest BCUT2D eigenvalue weighted by atomic mass is 9.32. The first-order valence-electron chi connectivity index (χ1n) is 7.20. The summed E-state index contributed by atoms with van der Waals surface area (Å²) in [5.41, 5.74) is 0.425. The van der Waals surface area contributed by atoms with E-state index in [4.69, 9.17) is 20.5 Å². The molecule has 0 amide bonds. The maximum atomic E-state index is 6.81. The SMILES string of the molecule is [B]C1(C)C(CC)C(C)(C)C(C)(C)C(C)(C)C1(C)S. The highest BCUT2D eigenvalue weighted by atomic mass is 32.1. The summed E-state index contributed by atoms with van der Waals surface area (Å²) in [6.45, 7) is 20.9. The standard InChI is InChI=1S/C16H31BS/c1-10-11-12(2,3)13(4,5)14(6,7)16(9,18)15(11,8)17/h11,18H,10H2,1-9H3. The van der Waals surface area contributed by atoms with Crippen LogP contribution in [0.2, 0.25) is 5.31 Å². The fraction of sp³-hybridized carbons (Fsp3) is 1.00. The molecule has 0 saturated heterocycles. The van der Waals surface area contributed by atoms with Gasteiger partial charge in [0.1, 0.15) is 0 Å². The van der Waals surface area contributed by atoms with Crippen LogP contribution in [0.15, 0.2) is 0 Å². The van der Waals surface area contributed by atoms with Gasteiger partial charge in [0.2, 0.25) is 0 Å². The van der Waals surface area contributed by atoms with Crippen molar-refractivity contribution in [2.24, 2.45) is 22.2 Å². The lowest BCUT2D eigenvalue weighted by Gasteiger charge is -2.72. The summed E-state index contributed by atoms with van der Waals surface area (Å²) in [5, 5.41) is -0.270. The van der Waals surface area contributed by atoms with E-state index in [9.17, 15) is 0 Å². The first-order chi connectivity index (χ1) is 7.69. The number of hydrogen-bond donors (Lipinski definition) is 1. The minimum absolute atomic E-state index is 0.0573. The Hall–Kier alpha value is 0.415. The van der Waals surface area contributed by atoms with Gasteiger partial charge in [0.15, 0.2) is 0 Å². The van der Waals surface area contributed by atoms with Crippen molar-refractivity contribution in [1.29, 1.82) is 0 Å². The summed E-state index contributed by atoms with van der Waals surface area (Å²) in [6.07, 6.45) is 1.11. The smallest absolute Gasteiger partial charge is 0.0765 e. The molecule has 2 heteroatoms. The summed E-state index contributed by atoms with van der Waals surface area (Å²) < 4.78 is -0.195. The second kappa shape index (κ2) is 3.96. The van der Waals surface area contributed by atoms with Crippen molar-refractivity contribution in [3.05, 3.63) is 0 Å². The van der Waals surface area contributed by atoms with Crippen molar-refractivity contribution in [3.63, 3.8) is 0 Å². The molecule has 1 fully saturated rings. The van der Waals surface area contributed by atoms with Crippen molar-refractivity contribution in [1.82, 2.24) is 0 Å². The molecule has 0 aromatic heterocycles. The lowest BCUT2D eigenvalue weighted by molar-refractivity contribution is -0.144. The minimum atomic E-state index is -0.270. The number of thiol groups is 1. The van der Waals surface area contributed by atoms with Crippen LogP contribution in [0.1, 0.15) is 68.7 Å². The van der Waals surface area contributed by atoms with Gasteiger partial charge in [-0.3, -0.25) is 0 Å². The summed E-state index contributed by atoms with van der Waals surface area (Å²) in [4.78, 5) is 0. The van der Waals surface area contributed by atoms with Crippen LogP contribution in [-0.2, 0) is 0 Å². The van der Waals surface area contributed by atoms with Gasteiger partial charge < -0.3 is 0 Å². The predicted octanol–water partition coefficient (Wildman–Crippen LogP) is 5.14. The summed E-state index contributed by atoms with van der Waals surface area (Å²) >= 11 is 5.06. The van der Waals surface area contributed by atoms with Crippen LogP contribution in [0.3, 0.4) is 0 Å². The van der Waals surface area contributed by atoms with Crippen molar-refractivity contribution in [3.8, 4) is 0 Å². The molecule has 2 radical (unpaired) electrons. The number of hydrogen-bond acceptors (Lipinski definition) is 1. The Balaban J connectivity index is 3.59. The van der Waals surface area contributed by atoms with Crippen LogP contribution in [0.4, 0.5) is 0 Å². The third kappa shape index (κ3) is 1.53. The van der Waals surface area contributed by atoms with E-state index in [1.165, 1.54) is 0 Å². The Bertz CT molecular complexity index is 307. The zero-order valence-corrected chi connectivity index (χ0v) is 14.7. The van der Waals surface area contributed by atoms with Crippen molar-refractivity contribution >= 4 is 20.5 Å². The quantitative estimate of drug-likeness (QED) is 0.493. The lowest BCUT2D eigenvalue weighted by Crippen LogP contribution is -2.67. The van der Waals surface area contributed by atoms with E-state index >= 15 is 0 Å². The Kier molecular flexibility index (Phi) is 3.62. The van der Waals surface area contributed by atoms with Gasteiger partial charge in [-0.25, -0.2) is 0 Å². The first kappa shape index (κ1) is 16.5. The molecule has 0 aromatic carbocycles. The first-order valence-corrected chi connectivity index (χ1v) is 7.65. The average molecular weight is 266 g/mol. The van der Waals surface area contributed by atoms with E-state index < -0.39 is 0 Å². The number of rotatable bonds is 1. The molecule has 3 atom stereocenters. The molecule has 0 spiro atoms. The van der Waals surface area contributed by atoms with Gasteiger partial charge in [0, 0.05) is 4.75 Å². The molecule has 1 saturated carbocycles. The van der Waals surface area contributed by atoms with E-state index in [1.807, 2.05) is 0 Å². The highest BCUT2D eigenvalue weighted by Gasteiger charge is 2.68. The van der Waals surface area contributed by atoms with Crippen LogP contribution in [0.25, 0.3) is 0 Å². The second-order valence-corrected chi connectivity index (χ2v) is 9.18. The molecule has 1 rings (SSSR count). The highest BCUT2D eigenvalue weighted by Crippen LogP contribution is 2.74. The Labute approximate surface area is 122 Å². The van der Waals surface area contributed by atoms with Crippen LogP contribution < -0.4 is 0 Å². The van der Waals surface area contributed by atoms with Crippen LogP contribution in [0, 0.1) is 22.2 Å². The molecule has 18 heavy (non-hydrogen) atoms. The maximum Gasteiger partial charge on any atom is 0.0765 e. The zero-order chi connectivity index (χ0) is 14.8. The third-order valence-corrected chi connectivity index (χ3v) is 8.48. The third-order valence-electron chi connectivity index (χ3n) is 7.44. The molecule has 1 aliphatic rings. The monoisotopic (exact) mass is 266 g/mol.